The number of benzene rings is 1. The van der Waals surface area contributed by atoms with Gasteiger partial charge in [-0.2, -0.15) is 0 Å². The molecule has 3 rings (SSSR count). The van der Waals surface area contributed by atoms with Crippen LogP contribution >= 0.6 is 0 Å². The average molecular weight is 300 g/mol. The number of rotatable bonds is 1. The van der Waals surface area contributed by atoms with Gasteiger partial charge in [-0.1, -0.05) is 12.1 Å². The van der Waals surface area contributed by atoms with Crippen LogP contribution in [0.1, 0.15) is 54.0 Å². The maximum Gasteiger partial charge on any atom is 0.494 e. The van der Waals surface area contributed by atoms with Gasteiger partial charge >= 0.3 is 7.12 Å². The monoisotopic (exact) mass is 300 g/mol. The van der Waals surface area contributed by atoms with Crippen LogP contribution in [0.2, 0.25) is 0 Å². The van der Waals surface area contributed by atoms with E-state index < -0.39 is 0 Å². The molecule has 22 heavy (non-hydrogen) atoms. The zero-order valence-electron chi connectivity index (χ0n) is 14.6. The average Bonchev–Trinajstić information content (AvgIpc) is 2.56. The molecule has 4 heteroatoms. The van der Waals surface area contributed by atoms with Crippen LogP contribution in [0.4, 0.5) is 0 Å². The van der Waals surface area contributed by atoms with Crippen molar-refractivity contribution in [1.29, 1.82) is 0 Å². The van der Waals surface area contributed by atoms with Gasteiger partial charge in [-0.3, -0.25) is 0 Å². The molecule has 0 radical (unpaired) electrons. The molecule has 1 aromatic rings. The molecule has 1 fully saturated rings. The van der Waals surface area contributed by atoms with Crippen molar-refractivity contribution in [3.8, 4) is 5.75 Å². The maximum atomic E-state index is 6.13. The van der Waals surface area contributed by atoms with E-state index in [0.29, 0.717) is 0 Å². The predicted octanol–water partition coefficient (Wildman–Crippen LogP) is 3.56. The van der Waals surface area contributed by atoms with Gasteiger partial charge in [0.25, 0.3) is 0 Å². The van der Waals surface area contributed by atoms with E-state index in [1.165, 1.54) is 5.57 Å². The number of fused-ring (bicyclic) bond motifs is 1. The summed E-state index contributed by atoms with van der Waals surface area (Å²) in [5.41, 5.74) is 2.47. The molecular formula is C18H25BO3. The molecule has 1 saturated heterocycles. The van der Waals surface area contributed by atoms with Crippen LogP contribution in [0.5, 0.6) is 5.75 Å². The summed E-state index contributed by atoms with van der Waals surface area (Å²) in [5.74, 6) is 0.922. The molecule has 0 N–H and O–H groups in total. The fourth-order valence-electron chi connectivity index (χ4n) is 2.98. The standard InChI is InChI=1S/C18H25BO3/c1-12-11-16(2,3)20-15-9-8-13(10-14(12)15)19-21-17(4,5)18(6,7)22-19/h8-11H,1-7H3. The molecule has 0 aliphatic carbocycles. The molecule has 0 saturated carbocycles. The van der Waals surface area contributed by atoms with Crippen LogP contribution in [0, 0.1) is 0 Å². The minimum Gasteiger partial charge on any atom is -0.483 e. The first-order chi connectivity index (χ1) is 10.0. The zero-order valence-corrected chi connectivity index (χ0v) is 14.6. The molecule has 0 bridgehead atoms. The number of hydrogen-bond donors (Lipinski definition) is 0. The highest BCUT2D eigenvalue weighted by Gasteiger charge is 2.51. The lowest BCUT2D eigenvalue weighted by Crippen LogP contribution is -2.41. The van der Waals surface area contributed by atoms with Crippen LogP contribution in [0.3, 0.4) is 0 Å². The highest BCUT2D eigenvalue weighted by Crippen LogP contribution is 2.38. The normalized spacial score (nSPS) is 24.5. The molecule has 1 aromatic carbocycles. The van der Waals surface area contributed by atoms with E-state index in [4.69, 9.17) is 14.0 Å². The number of hydrogen-bond acceptors (Lipinski definition) is 3. The molecular weight excluding hydrogens is 275 g/mol. The van der Waals surface area contributed by atoms with Crippen LogP contribution in [-0.2, 0) is 9.31 Å². The van der Waals surface area contributed by atoms with Gasteiger partial charge in [-0.25, -0.2) is 0 Å². The SMILES string of the molecule is CC1=CC(C)(C)Oc2ccc(B3OC(C)(C)C(C)(C)O3)cc21. The van der Waals surface area contributed by atoms with Gasteiger partial charge in [0.2, 0.25) is 0 Å². The lowest BCUT2D eigenvalue weighted by Gasteiger charge is -2.32. The zero-order chi connectivity index (χ0) is 16.3. The molecule has 2 aliphatic rings. The summed E-state index contributed by atoms with van der Waals surface area (Å²) < 4.78 is 18.3. The Bertz CT molecular complexity index is 628. The number of ether oxygens (including phenoxy) is 1. The van der Waals surface area contributed by atoms with E-state index in [2.05, 4.69) is 60.6 Å². The molecule has 118 valence electrons. The van der Waals surface area contributed by atoms with Crippen molar-refractivity contribution in [2.45, 2.75) is 65.3 Å². The minimum absolute atomic E-state index is 0.261. The third kappa shape index (κ3) is 2.48. The molecule has 0 aromatic heterocycles. The van der Waals surface area contributed by atoms with Gasteiger partial charge in [0.1, 0.15) is 11.4 Å². The Morgan fingerprint density at radius 3 is 2.09 bits per heavy atom. The first-order valence-corrected chi connectivity index (χ1v) is 7.89. The molecule has 3 nitrogen and oxygen atoms in total. The second-order valence-corrected chi connectivity index (χ2v) is 7.88. The largest absolute Gasteiger partial charge is 0.494 e. The van der Waals surface area contributed by atoms with Crippen LogP contribution < -0.4 is 10.2 Å². The van der Waals surface area contributed by atoms with E-state index >= 15 is 0 Å². The fraction of sp³-hybridized carbons (Fsp3) is 0.556. The molecule has 2 aliphatic heterocycles. The lowest BCUT2D eigenvalue weighted by atomic mass is 9.77. The van der Waals surface area contributed by atoms with Gasteiger partial charge in [0.05, 0.1) is 11.2 Å². The van der Waals surface area contributed by atoms with E-state index in [1.807, 2.05) is 12.1 Å². The first-order valence-electron chi connectivity index (χ1n) is 7.89. The summed E-state index contributed by atoms with van der Waals surface area (Å²) >= 11 is 0. The quantitative estimate of drug-likeness (QED) is 0.742. The Morgan fingerprint density at radius 1 is 0.909 bits per heavy atom. The van der Waals surface area contributed by atoms with E-state index in [-0.39, 0.29) is 23.9 Å². The maximum absolute atomic E-state index is 6.13. The molecule has 0 unspecified atom stereocenters. The van der Waals surface area contributed by atoms with Gasteiger partial charge in [0.15, 0.2) is 0 Å². The molecule has 0 spiro atoms. The van der Waals surface area contributed by atoms with E-state index in [1.54, 1.807) is 0 Å². The van der Waals surface area contributed by atoms with Gasteiger partial charge in [-0.15, -0.1) is 0 Å². The Labute approximate surface area is 133 Å². The summed E-state index contributed by atoms with van der Waals surface area (Å²) in [5, 5.41) is 0. The van der Waals surface area contributed by atoms with Crippen molar-refractivity contribution < 1.29 is 14.0 Å². The van der Waals surface area contributed by atoms with Crippen LogP contribution in [0.25, 0.3) is 5.57 Å². The third-order valence-electron chi connectivity index (χ3n) is 4.89. The highest BCUT2D eigenvalue weighted by molar-refractivity contribution is 6.62. The summed E-state index contributed by atoms with van der Waals surface area (Å²) in [6, 6.07) is 6.18. The number of allylic oxidation sites excluding steroid dienone is 1. The second-order valence-electron chi connectivity index (χ2n) is 7.88. The van der Waals surface area contributed by atoms with Crippen molar-refractivity contribution in [1.82, 2.24) is 0 Å². The van der Waals surface area contributed by atoms with E-state index in [9.17, 15) is 0 Å². The van der Waals surface area contributed by atoms with Crippen molar-refractivity contribution in [3.63, 3.8) is 0 Å². The Hall–Kier alpha value is -1.26. The van der Waals surface area contributed by atoms with Gasteiger partial charge in [0, 0.05) is 5.56 Å². The smallest absolute Gasteiger partial charge is 0.483 e. The first kappa shape index (κ1) is 15.6. The highest BCUT2D eigenvalue weighted by atomic mass is 16.7. The summed E-state index contributed by atoms with van der Waals surface area (Å²) in [6.07, 6.45) is 2.16. The van der Waals surface area contributed by atoms with Crippen molar-refractivity contribution in [2.24, 2.45) is 0 Å². The van der Waals surface area contributed by atoms with Crippen molar-refractivity contribution in [3.05, 3.63) is 29.8 Å². The molecule has 0 atom stereocenters. The van der Waals surface area contributed by atoms with Gasteiger partial charge in [-0.05, 0) is 71.6 Å². The Kier molecular flexibility index (Phi) is 3.28. The van der Waals surface area contributed by atoms with Gasteiger partial charge < -0.3 is 14.0 Å². The second kappa shape index (κ2) is 4.62. The third-order valence-corrected chi connectivity index (χ3v) is 4.89. The van der Waals surface area contributed by atoms with E-state index in [0.717, 1.165) is 16.8 Å². The fourth-order valence-corrected chi connectivity index (χ4v) is 2.98. The van der Waals surface area contributed by atoms with Crippen LogP contribution in [-0.4, -0.2) is 23.9 Å². The Morgan fingerprint density at radius 2 is 1.50 bits per heavy atom. The summed E-state index contributed by atoms with van der Waals surface area (Å²) in [7, 11) is -0.335. The van der Waals surface area contributed by atoms with Crippen molar-refractivity contribution >= 4 is 18.2 Å². The molecule has 2 heterocycles. The summed E-state index contributed by atoms with van der Waals surface area (Å²) in [4.78, 5) is 0. The lowest BCUT2D eigenvalue weighted by molar-refractivity contribution is 0.00578. The van der Waals surface area contributed by atoms with Crippen LogP contribution in [0.15, 0.2) is 24.3 Å². The minimum atomic E-state index is -0.335. The predicted molar refractivity (Wildman–Crippen MR) is 90.5 cm³/mol. The Balaban J connectivity index is 1.95. The van der Waals surface area contributed by atoms with Crippen molar-refractivity contribution in [2.75, 3.05) is 0 Å². The molecule has 0 amide bonds. The topological polar surface area (TPSA) is 27.7 Å². The summed E-state index contributed by atoms with van der Waals surface area (Å²) in [6.45, 7) is 14.6.